The normalized spacial score (nSPS) is 20.8. The number of hydrogen-bond donors (Lipinski definition) is 2. The summed E-state index contributed by atoms with van der Waals surface area (Å²) >= 11 is 0. The summed E-state index contributed by atoms with van der Waals surface area (Å²) in [7, 11) is 1.65. The lowest BCUT2D eigenvalue weighted by Gasteiger charge is -2.22. The van der Waals surface area contributed by atoms with Crippen molar-refractivity contribution in [1.29, 1.82) is 0 Å². The summed E-state index contributed by atoms with van der Waals surface area (Å²) in [5.41, 5.74) is -0.131. The van der Waals surface area contributed by atoms with Crippen LogP contribution in [0.15, 0.2) is 29.3 Å². The van der Waals surface area contributed by atoms with Gasteiger partial charge in [-0.05, 0) is 57.9 Å². The highest BCUT2D eigenvalue weighted by molar-refractivity contribution is 14.0. The molecule has 1 heterocycles. The van der Waals surface area contributed by atoms with E-state index in [1.807, 2.05) is 31.2 Å². The van der Waals surface area contributed by atoms with Crippen molar-refractivity contribution in [2.24, 2.45) is 4.99 Å². The van der Waals surface area contributed by atoms with E-state index >= 15 is 0 Å². The molecule has 2 unspecified atom stereocenters. The lowest BCUT2D eigenvalue weighted by atomic mass is 10.0. The van der Waals surface area contributed by atoms with E-state index in [-0.39, 0.29) is 35.7 Å². The minimum Gasteiger partial charge on any atom is -0.497 e. The zero-order valence-corrected chi connectivity index (χ0v) is 18.5. The van der Waals surface area contributed by atoms with Gasteiger partial charge in [-0.1, -0.05) is 0 Å². The molecule has 1 aromatic carbocycles. The first-order valence-corrected chi connectivity index (χ1v) is 9.01. The molecule has 2 rings (SSSR count). The third-order valence-electron chi connectivity index (χ3n) is 4.17. The second-order valence-electron chi connectivity index (χ2n) is 6.58. The number of guanidine groups is 1. The van der Waals surface area contributed by atoms with Gasteiger partial charge in [-0.2, -0.15) is 0 Å². The van der Waals surface area contributed by atoms with Gasteiger partial charge < -0.3 is 24.8 Å². The Kier molecular flexibility index (Phi) is 10.1. The molecular formula is C19H32IN3O3. The fourth-order valence-corrected chi connectivity index (χ4v) is 2.72. The van der Waals surface area contributed by atoms with Gasteiger partial charge in [-0.15, -0.1) is 24.0 Å². The van der Waals surface area contributed by atoms with Crippen LogP contribution in [-0.4, -0.2) is 51.0 Å². The standard InChI is InChI=1S/C19H31N3O3.HI/c1-5-20-18(22-14-19(3)11-6-12-24-19)21-13-15(2)25-17-9-7-16(23-4)8-10-17;/h7-10,15H,5-6,11-14H2,1-4H3,(H2,20,21,22);1H. The van der Waals surface area contributed by atoms with Crippen LogP contribution in [-0.2, 0) is 4.74 Å². The van der Waals surface area contributed by atoms with Gasteiger partial charge in [-0.3, -0.25) is 4.99 Å². The second-order valence-corrected chi connectivity index (χ2v) is 6.58. The van der Waals surface area contributed by atoms with E-state index in [2.05, 4.69) is 29.5 Å². The quantitative estimate of drug-likeness (QED) is 0.342. The molecule has 2 N–H and O–H groups in total. The molecular weight excluding hydrogens is 445 g/mol. The summed E-state index contributed by atoms with van der Waals surface area (Å²) in [6.45, 7) is 9.19. The average Bonchev–Trinajstić information content (AvgIpc) is 3.05. The summed E-state index contributed by atoms with van der Waals surface area (Å²) in [6, 6.07) is 7.60. The molecule has 148 valence electrons. The SMILES string of the molecule is CCNC(=NCC1(C)CCCO1)NCC(C)Oc1ccc(OC)cc1.I. The molecule has 0 aliphatic carbocycles. The smallest absolute Gasteiger partial charge is 0.191 e. The molecule has 0 radical (unpaired) electrons. The van der Waals surface area contributed by atoms with Gasteiger partial charge in [0.05, 0.1) is 25.8 Å². The van der Waals surface area contributed by atoms with Crippen molar-refractivity contribution < 1.29 is 14.2 Å². The minimum absolute atomic E-state index is 0. The number of rotatable bonds is 8. The highest BCUT2D eigenvalue weighted by Gasteiger charge is 2.29. The van der Waals surface area contributed by atoms with Crippen LogP contribution in [0.5, 0.6) is 11.5 Å². The van der Waals surface area contributed by atoms with E-state index in [0.29, 0.717) is 13.1 Å². The van der Waals surface area contributed by atoms with Gasteiger partial charge >= 0.3 is 0 Å². The fraction of sp³-hybridized carbons (Fsp3) is 0.632. The predicted octanol–water partition coefficient (Wildman–Crippen LogP) is 3.20. The number of ether oxygens (including phenoxy) is 3. The van der Waals surface area contributed by atoms with Crippen LogP contribution >= 0.6 is 24.0 Å². The monoisotopic (exact) mass is 477 g/mol. The molecule has 1 aliphatic heterocycles. The Bertz CT molecular complexity index is 545. The van der Waals surface area contributed by atoms with Crippen LogP contribution in [0.25, 0.3) is 0 Å². The Labute approximate surface area is 174 Å². The van der Waals surface area contributed by atoms with E-state index in [4.69, 9.17) is 14.2 Å². The molecule has 0 aromatic heterocycles. The fourth-order valence-electron chi connectivity index (χ4n) is 2.72. The molecule has 1 aromatic rings. The van der Waals surface area contributed by atoms with Crippen molar-refractivity contribution in [3.8, 4) is 11.5 Å². The van der Waals surface area contributed by atoms with Gasteiger partial charge in [-0.25, -0.2) is 0 Å². The Morgan fingerprint density at radius 2 is 1.96 bits per heavy atom. The van der Waals surface area contributed by atoms with Crippen LogP contribution < -0.4 is 20.1 Å². The lowest BCUT2D eigenvalue weighted by molar-refractivity contribution is 0.0283. The van der Waals surface area contributed by atoms with Crippen LogP contribution in [0.1, 0.15) is 33.6 Å². The van der Waals surface area contributed by atoms with E-state index in [1.54, 1.807) is 7.11 Å². The summed E-state index contributed by atoms with van der Waals surface area (Å²) in [6.07, 6.45) is 2.19. The highest BCUT2D eigenvalue weighted by atomic mass is 127. The van der Waals surface area contributed by atoms with Gasteiger partial charge in [0.25, 0.3) is 0 Å². The van der Waals surface area contributed by atoms with Crippen molar-refractivity contribution in [3.63, 3.8) is 0 Å². The van der Waals surface area contributed by atoms with E-state index in [0.717, 1.165) is 43.5 Å². The number of aliphatic imine (C=N–C) groups is 1. The number of halogens is 1. The zero-order chi connectivity index (χ0) is 18.1. The van der Waals surface area contributed by atoms with Crippen LogP contribution in [0.2, 0.25) is 0 Å². The molecule has 7 heteroatoms. The maximum atomic E-state index is 5.91. The van der Waals surface area contributed by atoms with Crippen molar-refractivity contribution in [2.45, 2.75) is 45.3 Å². The number of hydrogen-bond acceptors (Lipinski definition) is 4. The Morgan fingerprint density at radius 3 is 2.54 bits per heavy atom. The van der Waals surface area contributed by atoms with Crippen LogP contribution in [0.4, 0.5) is 0 Å². The highest BCUT2D eigenvalue weighted by Crippen LogP contribution is 2.25. The van der Waals surface area contributed by atoms with E-state index in [1.165, 1.54) is 0 Å². The number of benzene rings is 1. The Balaban J connectivity index is 0.00000338. The van der Waals surface area contributed by atoms with Crippen molar-refractivity contribution >= 4 is 29.9 Å². The molecule has 26 heavy (non-hydrogen) atoms. The average molecular weight is 477 g/mol. The first kappa shape index (κ1) is 22.8. The largest absolute Gasteiger partial charge is 0.497 e. The van der Waals surface area contributed by atoms with E-state index in [9.17, 15) is 0 Å². The van der Waals surface area contributed by atoms with Gasteiger partial charge in [0, 0.05) is 13.2 Å². The Hall–Kier alpha value is -1.22. The molecule has 2 atom stereocenters. The number of methoxy groups -OCH3 is 1. The minimum atomic E-state index is -0.131. The van der Waals surface area contributed by atoms with Gasteiger partial charge in [0.15, 0.2) is 5.96 Å². The van der Waals surface area contributed by atoms with Crippen LogP contribution in [0.3, 0.4) is 0 Å². The number of nitrogens with zero attached hydrogens (tertiary/aromatic N) is 1. The maximum Gasteiger partial charge on any atom is 0.191 e. The molecule has 0 bridgehead atoms. The van der Waals surface area contributed by atoms with Crippen molar-refractivity contribution in [2.75, 3.05) is 33.4 Å². The summed E-state index contributed by atoms with van der Waals surface area (Å²) in [5.74, 6) is 2.44. The van der Waals surface area contributed by atoms with Crippen molar-refractivity contribution in [3.05, 3.63) is 24.3 Å². The lowest BCUT2D eigenvalue weighted by Crippen LogP contribution is -2.43. The second kappa shape index (κ2) is 11.5. The number of nitrogens with one attached hydrogen (secondary N) is 2. The summed E-state index contributed by atoms with van der Waals surface area (Å²) in [4.78, 5) is 4.67. The predicted molar refractivity (Wildman–Crippen MR) is 116 cm³/mol. The Morgan fingerprint density at radius 1 is 1.27 bits per heavy atom. The maximum absolute atomic E-state index is 5.91. The summed E-state index contributed by atoms with van der Waals surface area (Å²) in [5, 5.41) is 6.61. The van der Waals surface area contributed by atoms with Crippen molar-refractivity contribution in [1.82, 2.24) is 10.6 Å². The van der Waals surface area contributed by atoms with Crippen LogP contribution in [0, 0.1) is 0 Å². The van der Waals surface area contributed by atoms with Gasteiger partial charge in [0.2, 0.25) is 0 Å². The molecule has 1 saturated heterocycles. The third kappa shape index (κ3) is 7.57. The molecule has 1 aliphatic rings. The molecule has 0 spiro atoms. The first-order chi connectivity index (χ1) is 12.0. The summed E-state index contributed by atoms with van der Waals surface area (Å²) < 4.78 is 16.9. The first-order valence-electron chi connectivity index (χ1n) is 9.01. The molecule has 0 saturated carbocycles. The van der Waals surface area contributed by atoms with Gasteiger partial charge in [0.1, 0.15) is 17.6 Å². The molecule has 0 amide bonds. The topological polar surface area (TPSA) is 64.1 Å². The third-order valence-corrected chi connectivity index (χ3v) is 4.17. The molecule has 1 fully saturated rings. The zero-order valence-electron chi connectivity index (χ0n) is 16.2. The molecule has 6 nitrogen and oxygen atoms in total. The van der Waals surface area contributed by atoms with E-state index < -0.39 is 0 Å².